The van der Waals surface area contributed by atoms with Crippen molar-refractivity contribution in [3.63, 3.8) is 0 Å². The van der Waals surface area contributed by atoms with Gasteiger partial charge in [0.15, 0.2) is 11.2 Å². The van der Waals surface area contributed by atoms with Crippen molar-refractivity contribution >= 4 is 10.8 Å². The molecule has 1 aliphatic heterocycles. The minimum absolute atomic E-state index is 0.241. The first-order valence-electron chi connectivity index (χ1n) is 3.15. The Labute approximate surface area is 63.2 Å². The van der Waals surface area contributed by atoms with Crippen molar-refractivity contribution in [2.45, 2.75) is 25.1 Å². The quantitative estimate of drug-likeness (QED) is 0.565. The van der Waals surface area contributed by atoms with Gasteiger partial charge in [0.25, 0.3) is 0 Å². The van der Waals surface area contributed by atoms with Crippen LogP contribution in [0.4, 0.5) is 0 Å². The fourth-order valence-corrected chi connectivity index (χ4v) is 1.44. The van der Waals surface area contributed by atoms with E-state index in [0.29, 0.717) is 6.61 Å². The molecule has 1 fully saturated rings. The van der Waals surface area contributed by atoms with Gasteiger partial charge in [-0.25, -0.2) is 0 Å². The van der Waals surface area contributed by atoms with Crippen molar-refractivity contribution in [2.24, 2.45) is 0 Å². The number of hydrogen-bond donors (Lipinski definition) is 0. The molecule has 0 aromatic carbocycles. The molecule has 1 rings (SSSR count). The van der Waals surface area contributed by atoms with E-state index in [4.69, 9.17) is 9.47 Å². The van der Waals surface area contributed by atoms with Gasteiger partial charge in [-0.1, -0.05) is 0 Å². The molecule has 2 atom stereocenters. The number of hydrogen-bond acceptors (Lipinski definition) is 3. The van der Waals surface area contributed by atoms with Gasteiger partial charge in [0.2, 0.25) is 0 Å². The Bertz CT molecular complexity index is 155. The van der Waals surface area contributed by atoms with Crippen LogP contribution >= 0.6 is 0 Å². The van der Waals surface area contributed by atoms with Gasteiger partial charge in [-0.15, -0.1) is 0 Å². The molecule has 1 unspecified atom stereocenters. The van der Waals surface area contributed by atoms with Crippen LogP contribution in [0.2, 0.25) is 0 Å². The lowest BCUT2D eigenvalue weighted by Crippen LogP contribution is -2.23. The summed E-state index contributed by atoms with van der Waals surface area (Å²) in [6.45, 7) is 4.08. The molecule has 0 amide bonds. The highest BCUT2D eigenvalue weighted by Gasteiger charge is 2.34. The van der Waals surface area contributed by atoms with Crippen molar-refractivity contribution < 1.29 is 13.7 Å². The van der Waals surface area contributed by atoms with Crippen LogP contribution < -0.4 is 0 Å². The minimum Gasteiger partial charge on any atom is -0.347 e. The second-order valence-electron chi connectivity index (χ2n) is 2.76. The van der Waals surface area contributed by atoms with E-state index in [1.54, 1.807) is 6.26 Å². The molecule has 60 valence electrons. The zero-order valence-electron chi connectivity index (χ0n) is 6.42. The van der Waals surface area contributed by atoms with Crippen LogP contribution in [-0.4, -0.2) is 28.3 Å². The Morgan fingerprint density at radius 2 is 2.20 bits per heavy atom. The average molecular weight is 164 g/mol. The summed E-state index contributed by atoms with van der Waals surface area (Å²) in [6.07, 6.45) is 1.62. The summed E-state index contributed by atoms with van der Waals surface area (Å²) in [5.74, 6) is -0.545. The van der Waals surface area contributed by atoms with E-state index in [2.05, 4.69) is 0 Å². The van der Waals surface area contributed by atoms with E-state index < -0.39 is 16.6 Å². The zero-order chi connectivity index (χ0) is 7.78. The van der Waals surface area contributed by atoms with Crippen molar-refractivity contribution in [3.8, 4) is 0 Å². The molecule has 0 radical (unpaired) electrons. The standard InChI is InChI=1S/C6H12O3S/c1-6(2)8-4-5(9-6)10(3)7/h5H,4H2,1-3H3/t5-,10?/m1/s1. The summed E-state index contributed by atoms with van der Waals surface area (Å²) in [5.41, 5.74) is -0.241. The molecule has 0 aromatic rings. The zero-order valence-corrected chi connectivity index (χ0v) is 7.23. The van der Waals surface area contributed by atoms with Gasteiger partial charge in [0, 0.05) is 17.1 Å². The van der Waals surface area contributed by atoms with Gasteiger partial charge in [0.05, 0.1) is 6.61 Å². The summed E-state index contributed by atoms with van der Waals surface area (Å²) in [4.78, 5) is 0. The first-order valence-corrected chi connectivity index (χ1v) is 4.77. The molecule has 0 aromatic heterocycles. The molecule has 1 heterocycles. The van der Waals surface area contributed by atoms with E-state index in [1.165, 1.54) is 0 Å². The smallest absolute Gasteiger partial charge is 0.164 e. The highest BCUT2D eigenvalue weighted by atomic mass is 32.2. The maximum absolute atomic E-state index is 10.8. The van der Waals surface area contributed by atoms with Crippen LogP contribution in [0.1, 0.15) is 13.8 Å². The maximum Gasteiger partial charge on any atom is 0.164 e. The van der Waals surface area contributed by atoms with Gasteiger partial charge in [0.1, 0.15) is 0 Å². The van der Waals surface area contributed by atoms with Crippen molar-refractivity contribution in [2.75, 3.05) is 12.9 Å². The molecule has 0 bridgehead atoms. The molecule has 4 heteroatoms. The molecule has 0 N–H and O–H groups in total. The molecule has 0 saturated carbocycles. The Kier molecular flexibility index (Phi) is 2.12. The lowest BCUT2D eigenvalue weighted by Gasteiger charge is -2.15. The van der Waals surface area contributed by atoms with Crippen molar-refractivity contribution in [3.05, 3.63) is 0 Å². The minimum atomic E-state index is -0.935. The highest BCUT2D eigenvalue weighted by molar-refractivity contribution is 7.84. The van der Waals surface area contributed by atoms with Crippen LogP contribution in [-0.2, 0) is 20.3 Å². The fourth-order valence-electron chi connectivity index (χ4n) is 0.817. The Morgan fingerprint density at radius 1 is 1.60 bits per heavy atom. The fraction of sp³-hybridized carbons (Fsp3) is 1.00. The van der Waals surface area contributed by atoms with Gasteiger partial charge in [-0.2, -0.15) is 0 Å². The van der Waals surface area contributed by atoms with Crippen molar-refractivity contribution in [1.82, 2.24) is 0 Å². The van der Waals surface area contributed by atoms with Crippen LogP contribution in [0.25, 0.3) is 0 Å². The number of rotatable bonds is 1. The lowest BCUT2D eigenvalue weighted by atomic mass is 10.4. The largest absolute Gasteiger partial charge is 0.347 e. The van der Waals surface area contributed by atoms with Crippen LogP contribution in [0, 0.1) is 0 Å². The topological polar surface area (TPSA) is 35.5 Å². The molecule has 0 spiro atoms. The van der Waals surface area contributed by atoms with Crippen LogP contribution in [0.3, 0.4) is 0 Å². The van der Waals surface area contributed by atoms with Gasteiger partial charge in [-0.3, -0.25) is 4.21 Å². The second kappa shape index (κ2) is 2.60. The predicted molar refractivity (Wildman–Crippen MR) is 39.0 cm³/mol. The van der Waals surface area contributed by atoms with Gasteiger partial charge in [-0.05, 0) is 13.8 Å². The van der Waals surface area contributed by atoms with E-state index in [0.717, 1.165) is 0 Å². The Balaban J connectivity index is 2.51. The van der Waals surface area contributed by atoms with Crippen molar-refractivity contribution in [1.29, 1.82) is 0 Å². The van der Waals surface area contributed by atoms with Crippen LogP contribution in [0.15, 0.2) is 0 Å². The summed E-state index contributed by atoms with van der Waals surface area (Å²) < 4.78 is 21.3. The first kappa shape index (κ1) is 8.17. The molecule has 3 nitrogen and oxygen atoms in total. The Morgan fingerprint density at radius 3 is 2.40 bits per heavy atom. The maximum atomic E-state index is 10.8. The summed E-state index contributed by atoms with van der Waals surface area (Å²) in [5, 5.41) is 0. The Hall–Kier alpha value is 0.0700. The summed E-state index contributed by atoms with van der Waals surface area (Å²) in [7, 11) is -0.935. The predicted octanol–water partition coefficient (Wildman–Crippen LogP) is 0.474. The highest BCUT2D eigenvalue weighted by Crippen LogP contribution is 2.23. The van der Waals surface area contributed by atoms with E-state index in [1.807, 2.05) is 13.8 Å². The molecule has 1 aliphatic rings. The van der Waals surface area contributed by atoms with E-state index >= 15 is 0 Å². The number of ether oxygens (including phenoxy) is 2. The summed E-state index contributed by atoms with van der Waals surface area (Å²) in [6, 6.07) is 0. The monoisotopic (exact) mass is 164 g/mol. The van der Waals surface area contributed by atoms with Gasteiger partial charge < -0.3 is 9.47 Å². The second-order valence-corrected chi connectivity index (χ2v) is 4.28. The molecule has 1 saturated heterocycles. The van der Waals surface area contributed by atoms with Crippen LogP contribution in [0.5, 0.6) is 0 Å². The molecule has 0 aliphatic carbocycles. The lowest BCUT2D eigenvalue weighted by molar-refractivity contribution is -0.129. The van der Waals surface area contributed by atoms with E-state index in [-0.39, 0.29) is 5.44 Å². The third-order valence-electron chi connectivity index (χ3n) is 1.35. The van der Waals surface area contributed by atoms with E-state index in [9.17, 15) is 4.21 Å². The normalized spacial score (nSPS) is 34.1. The average Bonchev–Trinajstić information content (AvgIpc) is 2.10. The summed E-state index contributed by atoms with van der Waals surface area (Å²) >= 11 is 0. The third kappa shape index (κ3) is 1.78. The molecular formula is C6H12O3S. The SMILES string of the molecule is CS(=O)[C@@H]1COC(C)(C)O1. The van der Waals surface area contributed by atoms with Gasteiger partial charge >= 0.3 is 0 Å². The third-order valence-corrected chi connectivity index (χ3v) is 2.33. The molecular weight excluding hydrogens is 152 g/mol. The molecule has 10 heavy (non-hydrogen) atoms. The first-order chi connectivity index (χ1) is 4.51.